The van der Waals surface area contributed by atoms with Crippen LogP contribution in [0.3, 0.4) is 0 Å². The zero-order valence-corrected chi connectivity index (χ0v) is 16.6. The highest BCUT2D eigenvalue weighted by Gasteiger charge is 2.42. The van der Waals surface area contributed by atoms with E-state index in [1.165, 1.54) is 36.4 Å². The Labute approximate surface area is 181 Å². The smallest absolute Gasteiger partial charge is 0.269 e. The number of hydrogen-bond acceptors (Lipinski definition) is 10. The van der Waals surface area contributed by atoms with Crippen molar-refractivity contribution in [2.45, 2.75) is 37.0 Å². The Morgan fingerprint density at radius 2 is 1.16 bits per heavy atom. The van der Waals surface area contributed by atoms with Crippen LogP contribution in [0.2, 0.25) is 0 Å². The van der Waals surface area contributed by atoms with E-state index in [0.29, 0.717) is 11.1 Å². The molecular weight excluding hydrogens is 428 g/mol. The maximum Gasteiger partial charge on any atom is 0.269 e. The predicted molar refractivity (Wildman–Crippen MR) is 105 cm³/mol. The van der Waals surface area contributed by atoms with Crippen LogP contribution in [0, 0.1) is 20.2 Å². The van der Waals surface area contributed by atoms with Gasteiger partial charge in [0.2, 0.25) is 0 Å². The summed E-state index contributed by atoms with van der Waals surface area (Å²) >= 11 is 0. The summed E-state index contributed by atoms with van der Waals surface area (Å²) in [6.45, 7) is -0.486. The number of hydrogen-bond donors (Lipinski definition) is 2. The highest BCUT2D eigenvalue weighted by molar-refractivity contribution is 5.35. The maximum absolute atomic E-state index is 11.1. The first-order chi connectivity index (χ1) is 15.3. The average molecular weight is 448 g/mol. The summed E-state index contributed by atoms with van der Waals surface area (Å²) in [5.41, 5.74) is 0.385. The summed E-state index contributed by atoms with van der Waals surface area (Å²) < 4.78 is 23.1. The van der Waals surface area contributed by atoms with Gasteiger partial charge in [0.25, 0.3) is 11.4 Å². The Bertz CT molecular complexity index is 922. The SMILES string of the molecule is O=[N+]([O-])c1cccc(C2OC[C@H]3OC(c4cccc([N+](=O)[O-])c4)OC[C@H](O2)[C@H](O)[C@H]3O)c1. The van der Waals surface area contributed by atoms with Crippen molar-refractivity contribution in [2.24, 2.45) is 0 Å². The van der Waals surface area contributed by atoms with E-state index >= 15 is 0 Å². The Morgan fingerprint density at radius 3 is 1.53 bits per heavy atom. The second-order valence-electron chi connectivity index (χ2n) is 7.36. The summed E-state index contributed by atoms with van der Waals surface area (Å²) in [6.07, 6.45) is -7.08. The van der Waals surface area contributed by atoms with Crippen LogP contribution < -0.4 is 0 Å². The molecule has 0 aliphatic carbocycles. The van der Waals surface area contributed by atoms with E-state index in [4.69, 9.17) is 18.9 Å². The van der Waals surface area contributed by atoms with Crippen molar-refractivity contribution in [3.63, 3.8) is 0 Å². The van der Waals surface area contributed by atoms with Crippen molar-refractivity contribution >= 4 is 11.4 Å². The van der Waals surface area contributed by atoms with Gasteiger partial charge >= 0.3 is 0 Å². The molecule has 12 heteroatoms. The van der Waals surface area contributed by atoms with Gasteiger partial charge in [-0.05, 0) is 0 Å². The summed E-state index contributed by atoms with van der Waals surface area (Å²) in [5, 5.41) is 43.3. The number of aliphatic hydroxyl groups is 2. The molecule has 2 unspecified atom stereocenters. The Balaban J connectivity index is 1.60. The molecule has 0 saturated carbocycles. The van der Waals surface area contributed by atoms with Gasteiger partial charge in [0.15, 0.2) is 12.6 Å². The molecule has 2 saturated heterocycles. The maximum atomic E-state index is 11.1. The van der Waals surface area contributed by atoms with E-state index in [0.717, 1.165) is 0 Å². The molecule has 6 atom stereocenters. The fourth-order valence-corrected chi connectivity index (χ4v) is 3.56. The van der Waals surface area contributed by atoms with Gasteiger partial charge in [-0.2, -0.15) is 0 Å². The number of nitro groups is 2. The van der Waals surface area contributed by atoms with E-state index < -0.39 is 46.8 Å². The van der Waals surface area contributed by atoms with Gasteiger partial charge in [0.1, 0.15) is 24.4 Å². The predicted octanol–water partition coefficient (Wildman–Crippen LogP) is 1.75. The van der Waals surface area contributed by atoms with E-state index in [-0.39, 0.29) is 24.6 Å². The van der Waals surface area contributed by atoms with E-state index in [1.807, 2.05) is 0 Å². The molecule has 170 valence electrons. The minimum absolute atomic E-state index is 0.157. The number of non-ortho nitro benzene ring substituents is 2. The fraction of sp³-hybridized carbons (Fsp3) is 0.400. The van der Waals surface area contributed by atoms with Crippen LogP contribution in [-0.2, 0) is 18.9 Å². The lowest BCUT2D eigenvalue weighted by molar-refractivity contribution is -0.385. The standard InChI is InChI=1S/C20H20N2O10/c23-17-15-10-30-20(12-4-2-6-14(8-12)22(27)28)32-16(18(17)24)9-29-19(31-15)11-3-1-5-13(7-11)21(25)26/h1-8,15-20,23-24H,9-10H2/t15-,16+,17-,18-,19?,20?/m0/s1. The zero-order valence-electron chi connectivity index (χ0n) is 16.6. The number of nitrogens with zero attached hydrogens (tertiary/aromatic N) is 2. The molecule has 4 rings (SSSR count). The molecule has 2 heterocycles. The lowest BCUT2D eigenvalue weighted by Gasteiger charge is -2.41. The van der Waals surface area contributed by atoms with Gasteiger partial charge in [-0.1, -0.05) is 24.3 Å². The Morgan fingerprint density at radius 1 is 0.750 bits per heavy atom. The van der Waals surface area contributed by atoms with Crippen molar-refractivity contribution in [1.29, 1.82) is 0 Å². The van der Waals surface area contributed by atoms with Crippen LogP contribution in [0.15, 0.2) is 48.5 Å². The molecule has 2 aromatic rings. The van der Waals surface area contributed by atoms with E-state index in [9.17, 15) is 30.4 Å². The number of rotatable bonds is 4. The lowest BCUT2D eigenvalue weighted by Crippen LogP contribution is -2.54. The second-order valence-corrected chi connectivity index (χ2v) is 7.36. The van der Waals surface area contributed by atoms with Crippen LogP contribution in [0.25, 0.3) is 0 Å². The summed E-state index contributed by atoms with van der Waals surface area (Å²) in [5.74, 6) is 0. The summed E-state index contributed by atoms with van der Waals surface area (Å²) in [6, 6.07) is 11.3. The number of nitro benzene ring substituents is 2. The molecule has 2 aromatic carbocycles. The fourth-order valence-electron chi connectivity index (χ4n) is 3.56. The van der Waals surface area contributed by atoms with Gasteiger partial charge < -0.3 is 29.2 Å². The lowest BCUT2D eigenvalue weighted by atomic mass is 10.0. The third-order valence-electron chi connectivity index (χ3n) is 5.24. The quantitative estimate of drug-likeness (QED) is 0.520. The number of ether oxygens (including phenoxy) is 4. The van der Waals surface area contributed by atoms with Gasteiger partial charge in [0, 0.05) is 35.4 Å². The van der Waals surface area contributed by atoms with Gasteiger partial charge in [0.05, 0.1) is 23.1 Å². The van der Waals surface area contributed by atoms with Crippen LogP contribution >= 0.6 is 0 Å². The van der Waals surface area contributed by atoms with Crippen LogP contribution in [0.5, 0.6) is 0 Å². The third kappa shape index (κ3) is 4.60. The molecule has 2 N–H and O–H groups in total. The number of benzene rings is 2. The van der Waals surface area contributed by atoms with Gasteiger partial charge in [-0.15, -0.1) is 0 Å². The van der Waals surface area contributed by atoms with E-state index in [2.05, 4.69) is 0 Å². The molecule has 32 heavy (non-hydrogen) atoms. The summed E-state index contributed by atoms with van der Waals surface area (Å²) in [4.78, 5) is 21.1. The first-order valence-electron chi connectivity index (χ1n) is 9.72. The van der Waals surface area contributed by atoms with E-state index in [1.54, 1.807) is 12.1 Å². The first kappa shape index (κ1) is 22.2. The molecule has 0 amide bonds. The number of aliphatic hydroxyl groups excluding tert-OH is 2. The van der Waals surface area contributed by atoms with Crippen LogP contribution in [-0.4, -0.2) is 57.7 Å². The first-order valence-corrected chi connectivity index (χ1v) is 9.72. The topological polar surface area (TPSA) is 164 Å². The van der Waals surface area contributed by atoms with Gasteiger partial charge in [-0.25, -0.2) is 0 Å². The third-order valence-corrected chi connectivity index (χ3v) is 5.24. The molecule has 0 spiro atoms. The largest absolute Gasteiger partial charge is 0.387 e. The summed E-state index contributed by atoms with van der Waals surface area (Å²) in [7, 11) is 0. The molecule has 0 radical (unpaired) electrons. The van der Waals surface area contributed by atoms with Crippen molar-refractivity contribution in [1.82, 2.24) is 0 Å². The second kappa shape index (κ2) is 9.24. The van der Waals surface area contributed by atoms with Crippen molar-refractivity contribution in [2.75, 3.05) is 13.2 Å². The van der Waals surface area contributed by atoms with Gasteiger partial charge in [-0.3, -0.25) is 20.2 Å². The Hall–Kier alpha value is -3.00. The minimum atomic E-state index is -1.39. The zero-order chi connectivity index (χ0) is 22.8. The molecule has 2 fully saturated rings. The monoisotopic (exact) mass is 448 g/mol. The normalized spacial score (nSPS) is 30.6. The molecular formula is C20H20N2O10. The van der Waals surface area contributed by atoms with Crippen molar-refractivity contribution < 1.29 is 39.0 Å². The molecule has 0 aromatic heterocycles. The molecule has 2 aliphatic heterocycles. The number of fused-ring (bicyclic) bond motifs is 3. The van der Waals surface area contributed by atoms with Crippen molar-refractivity contribution in [3.8, 4) is 0 Å². The highest BCUT2D eigenvalue weighted by Crippen LogP contribution is 2.34. The van der Waals surface area contributed by atoms with Crippen LogP contribution in [0.4, 0.5) is 11.4 Å². The van der Waals surface area contributed by atoms with Crippen molar-refractivity contribution in [3.05, 3.63) is 79.9 Å². The molecule has 2 bridgehead atoms. The Kier molecular flexibility index (Phi) is 6.41. The highest BCUT2D eigenvalue weighted by atomic mass is 16.7. The average Bonchev–Trinajstić information content (AvgIpc) is 2.80. The van der Waals surface area contributed by atoms with Crippen LogP contribution in [0.1, 0.15) is 23.7 Å². The minimum Gasteiger partial charge on any atom is -0.387 e. The molecule has 2 aliphatic rings. The molecule has 12 nitrogen and oxygen atoms in total.